The summed E-state index contributed by atoms with van der Waals surface area (Å²) < 4.78 is 2.25. The zero-order valence-corrected chi connectivity index (χ0v) is 29.7. The lowest BCUT2D eigenvalue weighted by atomic mass is 10.0. The van der Waals surface area contributed by atoms with Crippen LogP contribution in [0.1, 0.15) is 0 Å². The van der Waals surface area contributed by atoms with Gasteiger partial charge in [-0.3, -0.25) is 4.57 Å². The second kappa shape index (κ2) is 13.8. The summed E-state index contributed by atoms with van der Waals surface area (Å²) in [4.78, 5) is 25.4. The van der Waals surface area contributed by atoms with Gasteiger partial charge in [0.2, 0.25) is 0 Å². The Hall–Kier alpha value is -7.57. The minimum atomic E-state index is 0.606. The van der Waals surface area contributed by atoms with Gasteiger partial charge in [-0.2, -0.15) is 0 Å². The molecule has 10 aromatic rings. The summed E-state index contributed by atoms with van der Waals surface area (Å²) in [6.07, 6.45) is 0. The van der Waals surface area contributed by atoms with E-state index in [2.05, 4.69) is 95.6 Å². The maximum Gasteiger partial charge on any atom is 0.164 e. The molecule has 7 aromatic carbocycles. The average Bonchev–Trinajstić information content (AvgIpc) is 3.60. The summed E-state index contributed by atoms with van der Waals surface area (Å²) in [5.74, 6) is 3.30. The van der Waals surface area contributed by atoms with E-state index in [1.165, 1.54) is 0 Å². The second-order valence-electron chi connectivity index (χ2n) is 13.4. The first-order chi connectivity index (χ1) is 27.2. The molecule has 3 aromatic heterocycles. The smallest absolute Gasteiger partial charge is 0.164 e. The van der Waals surface area contributed by atoms with Crippen molar-refractivity contribution in [2.45, 2.75) is 0 Å². The highest BCUT2D eigenvalue weighted by Crippen LogP contribution is 2.38. The number of benzene rings is 7. The summed E-state index contributed by atoms with van der Waals surface area (Å²) >= 11 is 0. The van der Waals surface area contributed by atoms with Crippen molar-refractivity contribution < 1.29 is 0 Å². The van der Waals surface area contributed by atoms with Crippen LogP contribution in [0.3, 0.4) is 0 Å². The molecular formula is C49H32N6. The Kier molecular flexibility index (Phi) is 8.04. The van der Waals surface area contributed by atoms with Gasteiger partial charge in [-0.15, -0.1) is 0 Å². The van der Waals surface area contributed by atoms with Gasteiger partial charge in [0, 0.05) is 44.7 Å². The summed E-state index contributed by atoms with van der Waals surface area (Å²) in [7, 11) is 0. The predicted octanol–water partition coefficient (Wildman–Crippen LogP) is 11.8. The third kappa shape index (κ3) is 6.11. The normalized spacial score (nSPS) is 11.3. The molecule has 3 heterocycles. The molecule has 0 aliphatic rings. The molecule has 55 heavy (non-hydrogen) atoms. The fourth-order valence-electron chi connectivity index (χ4n) is 7.18. The number of aromatic nitrogens is 6. The van der Waals surface area contributed by atoms with Crippen LogP contribution in [-0.2, 0) is 0 Å². The van der Waals surface area contributed by atoms with Gasteiger partial charge in [-0.25, -0.2) is 24.9 Å². The van der Waals surface area contributed by atoms with E-state index in [0.29, 0.717) is 23.3 Å². The molecule has 0 spiro atoms. The van der Waals surface area contributed by atoms with Crippen molar-refractivity contribution in [2.24, 2.45) is 0 Å². The first kappa shape index (κ1) is 32.1. The van der Waals surface area contributed by atoms with E-state index in [0.717, 1.165) is 72.3 Å². The predicted molar refractivity (Wildman–Crippen MR) is 222 cm³/mol. The fourth-order valence-corrected chi connectivity index (χ4v) is 7.18. The number of hydrogen-bond donors (Lipinski definition) is 0. The third-order valence-electron chi connectivity index (χ3n) is 9.87. The SMILES string of the molecule is c1ccc(-c2ccc3c(c2)c2cc(-c4nc(-c5ccccc5)nc(-c5ccccc5)n4)ccc2n3-c2cc(-c3ccccc3)nc(-c3ccccc3)n2)cc1. The van der Waals surface area contributed by atoms with E-state index < -0.39 is 0 Å². The molecule has 0 unspecified atom stereocenters. The van der Waals surface area contributed by atoms with Crippen LogP contribution < -0.4 is 0 Å². The van der Waals surface area contributed by atoms with Gasteiger partial charge < -0.3 is 0 Å². The molecule has 0 aliphatic heterocycles. The summed E-state index contributed by atoms with van der Waals surface area (Å²) in [6, 6.07) is 66.3. The molecule has 0 bridgehead atoms. The Morgan fingerprint density at radius 1 is 0.273 bits per heavy atom. The highest BCUT2D eigenvalue weighted by molar-refractivity contribution is 6.11. The van der Waals surface area contributed by atoms with Crippen molar-refractivity contribution >= 4 is 21.8 Å². The minimum absolute atomic E-state index is 0.606. The summed E-state index contributed by atoms with van der Waals surface area (Å²) in [6.45, 7) is 0. The van der Waals surface area contributed by atoms with Gasteiger partial charge in [0.15, 0.2) is 23.3 Å². The van der Waals surface area contributed by atoms with Crippen LogP contribution in [0.2, 0.25) is 0 Å². The van der Waals surface area contributed by atoms with Crippen molar-refractivity contribution in [3.8, 4) is 73.8 Å². The van der Waals surface area contributed by atoms with Crippen LogP contribution in [-0.4, -0.2) is 29.5 Å². The van der Waals surface area contributed by atoms with Gasteiger partial charge in [-0.05, 0) is 41.5 Å². The molecular weight excluding hydrogens is 673 g/mol. The molecule has 0 saturated heterocycles. The number of rotatable bonds is 7. The van der Waals surface area contributed by atoms with Gasteiger partial charge in [0.25, 0.3) is 0 Å². The first-order valence-corrected chi connectivity index (χ1v) is 18.3. The fraction of sp³-hybridized carbons (Fsp3) is 0. The standard InChI is InChI=1S/C49H32N6/c1-6-16-33(17-7-1)38-26-28-43-40(30-38)41-31-39(49-53-47(36-22-12-4-13-23-36)52-48(54-49)37-24-14-5-15-25-37)27-29-44(41)55(43)45-32-42(34-18-8-2-9-19-34)50-46(51-45)35-20-10-3-11-21-35/h1-32H. The molecule has 0 fully saturated rings. The molecule has 0 radical (unpaired) electrons. The van der Waals surface area contributed by atoms with Crippen LogP contribution in [0.5, 0.6) is 0 Å². The zero-order valence-electron chi connectivity index (χ0n) is 29.7. The number of hydrogen-bond acceptors (Lipinski definition) is 5. The van der Waals surface area contributed by atoms with Crippen molar-refractivity contribution in [2.75, 3.05) is 0 Å². The van der Waals surface area contributed by atoms with Crippen LogP contribution in [0.25, 0.3) is 95.6 Å². The average molecular weight is 705 g/mol. The lowest BCUT2D eigenvalue weighted by Gasteiger charge is -2.12. The molecule has 258 valence electrons. The molecule has 6 nitrogen and oxygen atoms in total. The largest absolute Gasteiger partial charge is 0.294 e. The Balaban J connectivity index is 1.23. The van der Waals surface area contributed by atoms with Crippen LogP contribution in [0, 0.1) is 0 Å². The van der Waals surface area contributed by atoms with E-state index in [-0.39, 0.29) is 0 Å². The number of nitrogens with zero attached hydrogens (tertiary/aromatic N) is 6. The van der Waals surface area contributed by atoms with E-state index in [4.69, 9.17) is 24.9 Å². The van der Waals surface area contributed by atoms with Crippen molar-refractivity contribution in [1.82, 2.24) is 29.5 Å². The van der Waals surface area contributed by atoms with Crippen molar-refractivity contribution in [3.05, 3.63) is 194 Å². The van der Waals surface area contributed by atoms with E-state index in [1.807, 2.05) is 103 Å². The van der Waals surface area contributed by atoms with Crippen LogP contribution >= 0.6 is 0 Å². The highest BCUT2D eigenvalue weighted by Gasteiger charge is 2.19. The zero-order chi connectivity index (χ0) is 36.6. The molecule has 0 atom stereocenters. The highest BCUT2D eigenvalue weighted by atomic mass is 15.1. The third-order valence-corrected chi connectivity index (χ3v) is 9.87. The Labute approximate surface area is 318 Å². The monoisotopic (exact) mass is 704 g/mol. The summed E-state index contributed by atoms with van der Waals surface area (Å²) in [5, 5.41) is 2.16. The lowest BCUT2D eigenvalue weighted by Crippen LogP contribution is -2.02. The quantitative estimate of drug-likeness (QED) is 0.165. The van der Waals surface area contributed by atoms with Crippen molar-refractivity contribution in [1.29, 1.82) is 0 Å². The van der Waals surface area contributed by atoms with Gasteiger partial charge >= 0.3 is 0 Å². The Morgan fingerprint density at radius 2 is 0.655 bits per heavy atom. The lowest BCUT2D eigenvalue weighted by molar-refractivity contribution is 1.05. The van der Waals surface area contributed by atoms with E-state index in [9.17, 15) is 0 Å². The summed E-state index contributed by atoms with van der Waals surface area (Å²) in [5.41, 5.74) is 9.92. The molecule has 0 N–H and O–H groups in total. The Bertz CT molecular complexity index is 2830. The molecule has 0 saturated carbocycles. The van der Waals surface area contributed by atoms with Crippen LogP contribution in [0.4, 0.5) is 0 Å². The molecule has 0 aliphatic carbocycles. The first-order valence-electron chi connectivity index (χ1n) is 18.3. The molecule has 6 heteroatoms. The topological polar surface area (TPSA) is 69.4 Å². The van der Waals surface area contributed by atoms with Gasteiger partial charge in [0.1, 0.15) is 5.82 Å². The Morgan fingerprint density at radius 3 is 1.15 bits per heavy atom. The minimum Gasteiger partial charge on any atom is -0.294 e. The maximum absolute atomic E-state index is 5.24. The maximum atomic E-state index is 5.24. The second-order valence-corrected chi connectivity index (χ2v) is 13.4. The van der Waals surface area contributed by atoms with Crippen molar-refractivity contribution in [3.63, 3.8) is 0 Å². The van der Waals surface area contributed by atoms with E-state index in [1.54, 1.807) is 0 Å². The molecule has 0 amide bonds. The van der Waals surface area contributed by atoms with E-state index >= 15 is 0 Å². The molecule has 10 rings (SSSR count). The number of fused-ring (bicyclic) bond motifs is 3. The van der Waals surface area contributed by atoms with Gasteiger partial charge in [0.05, 0.1) is 16.7 Å². The van der Waals surface area contributed by atoms with Crippen LogP contribution in [0.15, 0.2) is 194 Å². The van der Waals surface area contributed by atoms with Gasteiger partial charge in [-0.1, -0.05) is 158 Å².